The largest absolute Gasteiger partial charge is 0.458 e. The van der Waals surface area contributed by atoms with Gasteiger partial charge < -0.3 is 14.8 Å². The van der Waals surface area contributed by atoms with Gasteiger partial charge >= 0.3 is 12.1 Å². The molecule has 0 radical (unpaired) electrons. The third-order valence-electron chi connectivity index (χ3n) is 3.30. The summed E-state index contributed by atoms with van der Waals surface area (Å²) in [5.41, 5.74) is -0.360. The molecule has 0 aromatic rings. The van der Waals surface area contributed by atoms with Crippen molar-refractivity contribution in [2.75, 3.05) is 0 Å². The van der Waals surface area contributed by atoms with Gasteiger partial charge in [0.05, 0.1) is 0 Å². The van der Waals surface area contributed by atoms with Crippen molar-refractivity contribution < 1.29 is 19.1 Å². The molecule has 5 heteroatoms. The number of esters is 1. The van der Waals surface area contributed by atoms with Crippen molar-refractivity contribution in [2.24, 2.45) is 0 Å². The molecule has 0 aromatic heterocycles. The number of amides is 1. The topological polar surface area (TPSA) is 64.6 Å². The van der Waals surface area contributed by atoms with Crippen molar-refractivity contribution in [3.63, 3.8) is 0 Å². The highest BCUT2D eigenvalue weighted by Gasteiger charge is 2.42. The summed E-state index contributed by atoms with van der Waals surface area (Å²) < 4.78 is 10.1. The molecule has 1 aliphatic heterocycles. The monoisotopic (exact) mass is 227 g/mol. The molecule has 2 atom stereocenters. The molecule has 0 spiro atoms. The molecule has 2 rings (SSSR count). The maximum absolute atomic E-state index is 11.6. The first kappa shape index (κ1) is 11.2. The maximum Gasteiger partial charge on any atom is 0.408 e. The van der Waals surface area contributed by atoms with E-state index in [1.807, 2.05) is 6.92 Å². The van der Waals surface area contributed by atoms with Gasteiger partial charge in [-0.1, -0.05) is 0 Å². The molecule has 1 heterocycles. The Morgan fingerprint density at radius 3 is 2.62 bits per heavy atom. The summed E-state index contributed by atoms with van der Waals surface area (Å²) in [6.45, 7) is 3.67. The highest BCUT2D eigenvalue weighted by atomic mass is 16.6. The van der Waals surface area contributed by atoms with Crippen LogP contribution < -0.4 is 5.32 Å². The summed E-state index contributed by atoms with van der Waals surface area (Å²) >= 11 is 0. The van der Waals surface area contributed by atoms with E-state index >= 15 is 0 Å². The third kappa shape index (κ3) is 2.13. The molecule has 5 nitrogen and oxygen atoms in total. The van der Waals surface area contributed by atoms with Crippen LogP contribution in [0.15, 0.2) is 0 Å². The zero-order valence-electron chi connectivity index (χ0n) is 9.62. The minimum Gasteiger partial charge on any atom is -0.458 e. The minimum absolute atomic E-state index is 0.253. The van der Waals surface area contributed by atoms with Gasteiger partial charge in [-0.2, -0.15) is 0 Å². The molecule has 1 amide bonds. The van der Waals surface area contributed by atoms with Crippen LogP contribution in [0, 0.1) is 0 Å². The molecule has 0 bridgehead atoms. The SMILES string of the molecule is C[C@@H]1OC(=O)[C@@H]1NC(=O)OC1(C)CCCC1. The van der Waals surface area contributed by atoms with Crippen molar-refractivity contribution in [2.45, 2.75) is 57.3 Å². The van der Waals surface area contributed by atoms with Gasteiger partial charge in [0, 0.05) is 0 Å². The molecule has 2 aliphatic rings. The predicted molar refractivity (Wildman–Crippen MR) is 55.8 cm³/mol. The van der Waals surface area contributed by atoms with Crippen molar-refractivity contribution >= 4 is 12.1 Å². The molecule has 2 fully saturated rings. The molecule has 1 aliphatic carbocycles. The van der Waals surface area contributed by atoms with E-state index in [1.54, 1.807) is 6.92 Å². The van der Waals surface area contributed by atoms with Crippen LogP contribution in [-0.2, 0) is 14.3 Å². The number of cyclic esters (lactones) is 1. The normalized spacial score (nSPS) is 31.5. The fraction of sp³-hybridized carbons (Fsp3) is 0.818. The lowest BCUT2D eigenvalue weighted by molar-refractivity contribution is -0.174. The Kier molecular flexibility index (Phi) is 2.78. The highest BCUT2D eigenvalue weighted by molar-refractivity contribution is 5.86. The predicted octanol–water partition coefficient (Wildman–Crippen LogP) is 1.36. The second-order valence-corrected chi connectivity index (χ2v) is 4.81. The van der Waals surface area contributed by atoms with Crippen molar-refractivity contribution in [1.29, 1.82) is 0 Å². The Bertz CT molecular complexity index is 309. The average molecular weight is 227 g/mol. The van der Waals surface area contributed by atoms with Crippen LogP contribution in [0.4, 0.5) is 4.79 Å². The smallest absolute Gasteiger partial charge is 0.408 e. The number of carbonyl (C=O) groups excluding carboxylic acids is 2. The van der Waals surface area contributed by atoms with E-state index < -0.39 is 12.1 Å². The molecule has 0 aromatic carbocycles. The molecule has 0 unspecified atom stereocenters. The van der Waals surface area contributed by atoms with Crippen molar-refractivity contribution in [3.8, 4) is 0 Å². The zero-order valence-corrected chi connectivity index (χ0v) is 9.62. The summed E-state index contributed by atoms with van der Waals surface area (Å²) in [6.07, 6.45) is 3.20. The number of nitrogens with one attached hydrogen (secondary N) is 1. The Hall–Kier alpha value is -1.26. The number of alkyl carbamates (subject to hydrolysis) is 1. The van der Waals surface area contributed by atoms with Crippen LogP contribution in [0.3, 0.4) is 0 Å². The van der Waals surface area contributed by atoms with Gasteiger partial charge in [0.25, 0.3) is 0 Å². The molecule has 1 saturated heterocycles. The van der Waals surface area contributed by atoms with Gasteiger partial charge in [-0.3, -0.25) is 0 Å². The fourth-order valence-corrected chi connectivity index (χ4v) is 2.23. The van der Waals surface area contributed by atoms with Gasteiger partial charge in [0.15, 0.2) is 6.04 Å². The van der Waals surface area contributed by atoms with Gasteiger partial charge in [0.2, 0.25) is 0 Å². The quantitative estimate of drug-likeness (QED) is 0.723. The first-order chi connectivity index (χ1) is 7.50. The molecule has 1 N–H and O–H groups in total. The van der Waals surface area contributed by atoms with E-state index in [-0.39, 0.29) is 17.7 Å². The van der Waals surface area contributed by atoms with Crippen LogP contribution in [0.2, 0.25) is 0 Å². The number of hydrogen-bond acceptors (Lipinski definition) is 4. The lowest BCUT2D eigenvalue weighted by Gasteiger charge is -2.33. The van der Waals surface area contributed by atoms with Crippen LogP contribution >= 0.6 is 0 Å². The Balaban J connectivity index is 1.82. The van der Waals surface area contributed by atoms with Crippen molar-refractivity contribution in [3.05, 3.63) is 0 Å². The number of hydrogen-bond donors (Lipinski definition) is 1. The first-order valence-electron chi connectivity index (χ1n) is 5.70. The van der Waals surface area contributed by atoms with Crippen LogP contribution in [0.1, 0.15) is 39.5 Å². The lowest BCUT2D eigenvalue weighted by atomic mass is 10.1. The van der Waals surface area contributed by atoms with Crippen LogP contribution in [-0.4, -0.2) is 29.8 Å². The highest BCUT2D eigenvalue weighted by Crippen LogP contribution is 2.32. The lowest BCUT2D eigenvalue weighted by Crippen LogP contribution is -2.59. The van der Waals surface area contributed by atoms with Crippen LogP contribution in [0.25, 0.3) is 0 Å². The minimum atomic E-state index is -0.544. The summed E-state index contributed by atoms with van der Waals surface area (Å²) in [6, 6.07) is -0.544. The average Bonchev–Trinajstić information content (AvgIpc) is 2.62. The van der Waals surface area contributed by atoms with Gasteiger partial charge in [-0.15, -0.1) is 0 Å². The van der Waals surface area contributed by atoms with Crippen LogP contribution in [0.5, 0.6) is 0 Å². The standard InChI is InChI=1S/C11H17NO4/c1-7-8(9(13)15-7)12-10(14)16-11(2)5-3-4-6-11/h7-8H,3-6H2,1-2H3,(H,12,14)/t7-,8+/m0/s1. The van der Waals surface area contributed by atoms with E-state index in [0.717, 1.165) is 25.7 Å². The molecule has 1 saturated carbocycles. The van der Waals surface area contributed by atoms with E-state index in [0.29, 0.717) is 0 Å². The maximum atomic E-state index is 11.6. The molecule has 16 heavy (non-hydrogen) atoms. The molecular weight excluding hydrogens is 210 g/mol. The number of ether oxygens (including phenoxy) is 2. The summed E-state index contributed by atoms with van der Waals surface area (Å²) in [5, 5.41) is 2.53. The van der Waals surface area contributed by atoms with Crippen molar-refractivity contribution in [1.82, 2.24) is 5.32 Å². The second kappa shape index (κ2) is 3.96. The Labute approximate surface area is 94.5 Å². The fourth-order valence-electron chi connectivity index (χ4n) is 2.23. The van der Waals surface area contributed by atoms with Gasteiger partial charge in [-0.05, 0) is 39.5 Å². The van der Waals surface area contributed by atoms with E-state index in [9.17, 15) is 9.59 Å². The van der Waals surface area contributed by atoms with Gasteiger partial charge in [-0.25, -0.2) is 9.59 Å². The second-order valence-electron chi connectivity index (χ2n) is 4.81. The third-order valence-corrected chi connectivity index (χ3v) is 3.30. The Morgan fingerprint density at radius 2 is 2.12 bits per heavy atom. The molecular formula is C11H17NO4. The Morgan fingerprint density at radius 1 is 1.50 bits per heavy atom. The summed E-state index contributed by atoms with van der Waals surface area (Å²) in [4.78, 5) is 22.6. The van der Waals surface area contributed by atoms with Gasteiger partial charge in [0.1, 0.15) is 11.7 Å². The number of rotatable bonds is 2. The van der Waals surface area contributed by atoms with E-state index in [4.69, 9.17) is 9.47 Å². The van der Waals surface area contributed by atoms with E-state index in [1.165, 1.54) is 0 Å². The molecule has 90 valence electrons. The summed E-state index contributed by atoms with van der Waals surface area (Å²) in [5.74, 6) is -0.388. The summed E-state index contributed by atoms with van der Waals surface area (Å²) in [7, 11) is 0. The number of carbonyl (C=O) groups is 2. The zero-order chi connectivity index (χ0) is 11.8. The first-order valence-corrected chi connectivity index (χ1v) is 5.70. The van der Waals surface area contributed by atoms with E-state index in [2.05, 4.69) is 5.32 Å².